The van der Waals surface area contributed by atoms with Gasteiger partial charge < -0.3 is 0 Å². The molecule has 0 aliphatic heterocycles. The van der Waals surface area contributed by atoms with E-state index in [1.165, 1.54) is 12.1 Å². The number of hydrogen-bond acceptors (Lipinski definition) is 2. The Kier molecular flexibility index (Phi) is 11.6. The number of halogens is 4. The van der Waals surface area contributed by atoms with E-state index in [9.17, 15) is 9.59 Å². The summed E-state index contributed by atoms with van der Waals surface area (Å²) in [7, 11) is 0. The molecule has 4 rings (SSSR count). The van der Waals surface area contributed by atoms with Crippen molar-refractivity contribution in [1.29, 1.82) is 0 Å². The first-order valence-electron chi connectivity index (χ1n) is 16.5. The number of carbonyl (C=O) groups excluding carboxylic acids is 2. The topological polar surface area (TPSA) is 58.2 Å². The zero-order valence-electron chi connectivity index (χ0n) is 28.3. The Morgan fingerprint density at radius 2 is 1.06 bits per heavy atom. The summed E-state index contributed by atoms with van der Waals surface area (Å²) in [6, 6.07) is 4.85. The van der Waals surface area contributed by atoms with Crippen LogP contribution in [0.5, 0.6) is 0 Å². The molecule has 0 atom stereocenters. The first-order chi connectivity index (χ1) is 22.2. The van der Waals surface area contributed by atoms with Crippen molar-refractivity contribution in [1.82, 2.24) is 10.6 Å². The van der Waals surface area contributed by atoms with Gasteiger partial charge in [0.2, 0.25) is 0 Å². The van der Waals surface area contributed by atoms with Crippen molar-refractivity contribution in [2.24, 2.45) is 10.8 Å². The molecule has 2 amide bonds. The van der Waals surface area contributed by atoms with Gasteiger partial charge in [-0.25, -0.2) is 0 Å². The minimum atomic E-state index is -5.05. The summed E-state index contributed by atoms with van der Waals surface area (Å²) in [5.74, 6) is -4.11. The molecule has 47 heavy (non-hydrogen) atoms. The fraction of sp³-hybridized carbons (Fsp3) is 0.421. The molecule has 2 aromatic rings. The predicted octanol–water partition coefficient (Wildman–Crippen LogP) is 7.92. The van der Waals surface area contributed by atoms with Crippen molar-refractivity contribution in [2.75, 3.05) is 0 Å². The Morgan fingerprint density at radius 1 is 0.681 bits per heavy atom. The number of benzene rings is 2. The van der Waals surface area contributed by atoms with Crippen molar-refractivity contribution in [3.05, 3.63) is 103 Å². The second kappa shape index (κ2) is 14.9. The third-order valence-corrected chi connectivity index (χ3v) is 17.4. The standard InChI is InChI=1S/2C14H18F2NO.2C5H5.Ti/c2*1-4-7-14(2,3)13(18)17-9-10-5-6-11(15)8-12(10)16;2*1-2-4-5-3-1;/h2*5-6H,4,7,9H2,1-3H3,(H,17,18);2*1-3H,4H2;. The second-order valence-electron chi connectivity index (χ2n) is 13.8. The number of amides is 2. The molecule has 2 N–H and O–H groups in total. The summed E-state index contributed by atoms with van der Waals surface area (Å²) in [6.45, 7) is 10.8. The second-order valence-corrected chi connectivity index (χ2v) is 19.7. The molecular weight excluding hydrogens is 640 g/mol. The summed E-state index contributed by atoms with van der Waals surface area (Å²) >= 11 is -5.05. The molecule has 9 heteroatoms. The van der Waals surface area contributed by atoms with Gasteiger partial charge in [-0.1, -0.05) is 0 Å². The van der Waals surface area contributed by atoms with Crippen LogP contribution in [0, 0.1) is 34.1 Å². The van der Waals surface area contributed by atoms with Crippen LogP contribution in [0.15, 0.2) is 68.5 Å². The Morgan fingerprint density at radius 3 is 1.38 bits per heavy atom. The van der Waals surface area contributed by atoms with E-state index in [1.807, 2.05) is 53.7 Å². The molecule has 2 aliphatic rings. The fourth-order valence-corrected chi connectivity index (χ4v) is 15.2. The van der Waals surface area contributed by atoms with Crippen LogP contribution in [-0.2, 0) is 39.3 Å². The normalized spacial score (nSPS) is 14.8. The van der Waals surface area contributed by atoms with Crippen molar-refractivity contribution in [2.45, 2.75) is 93.2 Å². The van der Waals surface area contributed by atoms with Crippen LogP contribution in [0.2, 0.25) is 0 Å². The van der Waals surface area contributed by atoms with Crippen molar-refractivity contribution >= 4 is 19.6 Å². The molecule has 0 spiro atoms. The number of allylic oxidation sites excluding steroid dienone is 8. The number of nitrogens with one attached hydrogen (secondary N) is 2. The van der Waals surface area contributed by atoms with Crippen LogP contribution >= 0.6 is 0 Å². The van der Waals surface area contributed by atoms with E-state index < -0.39 is 50.7 Å². The van der Waals surface area contributed by atoms with Crippen molar-refractivity contribution in [3.63, 3.8) is 0 Å². The van der Waals surface area contributed by atoms with Gasteiger partial charge in [-0.2, -0.15) is 0 Å². The minimum absolute atomic E-state index is 0.0394. The van der Waals surface area contributed by atoms with Crippen LogP contribution < -0.4 is 18.4 Å². The molecule has 252 valence electrons. The average Bonchev–Trinajstić information content (AvgIpc) is 3.75. The third-order valence-electron chi connectivity index (χ3n) is 9.46. The fourth-order valence-electron chi connectivity index (χ4n) is 6.88. The van der Waals surface area contributed by atoms with E-state index in [2.05, 4.69) is 10.6 Å². The van der Waals surface area contributed by atoms with Crippen molar-refractivity contribution < 1.29 is 43.7 Å². The van der Waals surface area contributed by atoms with E-state index in [4.69, 9.17) is 0 Å². The number of hydrogen-bond donors (Lipinski definition) is 2. The van der Waals surface area contributed by atoms with Gasteiger partial charge in [0.25, 0.3) is 0 Å². The quantitative estimate of drug-likeness (QED) is 0.157. The van der Waals surface area contributed by atoms with Gasteiger partial charge in [0.15, 0.2) is 0 Å². The molecular formula is C38H46F4N2O2Ti. The first kappa shape index (κ1) is 36.6. The van der Waals surface area contributed by atoms with Gasteiger partial charge >= 0.3 is 281 Å². The zero-order valence-corrected chi connectivity index (χ0v) is 29.8. The molecule has 0 bridgehead atoms. The van der Waals surface area contributed by atoms with Gasteiger partial charge in [0.1, 0.15) is 0 Å². The Balaban J connectivity index is 1.91. The van der Waals surface area contributed by atoms with Crippen molar-refractivity contribution in [3.8, 4) is 0 Å². The molecule has 0 radical (unpaired) electrons. The molecule has 0 heterocycles. The van der Waals surface area contributed by atoms with Gasteiger partial charge in [0.05, 0.1) is 0 Å². The Labute approximate surface area is 279 Å². The molecule has 0 saturated heterocycles. The molecule has 4 nitrogen and oxygen atoms in total. The van der Waals surface area contributed by atoms with Gasteiger partial charge in [0, 0.05) is 0 Å². The van der Waals surface area contributed by atoms with E-state index >= 15 is 17.6 Å². The van der Waals surface area contributed by atoms with E-state index in [-0.39, 0.29) is 56.6 Å². The summed E-state index contributed by atoms with van der Waals surface area (Å²) in [5, 5.41) is 5.60. The molecule has 0 aromatic heterocycles. The maximum absolute atomic E-state index is 17.0. The Bertz CT molecular complexity index is 1530. The summed E-state index contributed by atoms with van der Waals surface area (Å²) in [6.07, 6.45) is 14.0. The van der Waals surface area contributed by atoms with E-state index in [0.717, 1.165) is 25.0 Å². The van der Waals surface area contributed by atoms with Gasteiger partial charge in [-0.3, -0.25) is 0 Å². The van der Waals surface area contributed by atoms with Crippen LogP contribution in [0.25, 0.3) is 0 Å². The van der Waals surface area contributed by atoms with Gasteiger partial charge in [-0.05, 0) is 0 Å². The van der Waals surface area contributed by atoms with Crippen LogP contribution in [0.3, 0.4) is 0 Å². The molecule has 0 saturated carbocycles. The third kappa shape index (κ3) is 7.29. The molecule has 2 aromatic carbocycles. The summed E-state index contributed by atoms with van der Waals surface area (Å²) in [4.78, 5) is 26.0. The number of carbonyl (C=O) groups is 2. The predicted molar refractivity (Wildman–Crippen MR) is 177 cm³/mol. The van der Waals surface area contributed by atoms with E-state index in [0.29, 0.717) is 20.6 Å². The monoisotopic (exact) mass is 686 g/mol. The molecule has 0 unspecified atom stereocenters. The maximum atomic E-state index is 17.0. The van der Waals surface area contributed by atoms with Crippen LogP contribution in [0.4, 0.5) is 17.6 Å². The SMILES string of the molecule is CCCC(C)(C)C(=O)NCc1ccc(F)[c]([Ti]([C]2=CC=CC2)([C]2=CC=CC2)[c]2c(F)ccc(CNC(=O)C(C)(C)CCC)c2F)c1F. The molecule has 2 aliphatic carbocycles. The molecule has 0 fully saturated rings. The van der Waals surface area contributed by atoms with Gasteiger partial charge in [-0.15, -0.1) is 0 Å². The van der Waals surface area contributed by atoms with E-state index in [1.54, 1.807) is 24.3 Å². The Hall–Kier alpha value is -3.23. The first-order valence-corrected chi connectivity index (χ1v) is 19.6. The average molecular weight is 687 g/mol. The zero-order chi connectivity index (χ0) is 34.6. The summed E-state index contributed by atoms with van der Waals surface area (Å²) in [5.41, 5.74) is -1.30. The van der Waals surface area contributed by atoms with Crippen LogP contribution in [0.1, 0.15) is 91.2 Å². The number of rotatable bonds is 14. The summed E-state index contributed by atoms with van der Waals surface area (Å²) < 4.78 is 67.2. The van der Waals surface area contributed by atoms with Crippen LogP contribution in [-0.4, -0.2) is 11.8 Å².